The molecule has 11 heteroatoms. The van der Waals surface area contributed by atoms with Gasteiger partial charge in [0.05, 0.1) is 36.3 Å². The largest absolute Gasteiger partial charge is 0.497 e. The second-order valence-corrected chi connectivity index (χ2v) is 12.6. The molecule has 5 rings (SSSR count). The molecule has 0 bridgehead atoms. The maximum absolute atomic E-state index is 13.4. The lowest BCUT2D eigenvalue weighted by Gasteiger charge is -2.35. The summed E-state index contributed by atoms with van der Waals surface area (Å²) in [6, 6.07) is 20.1. The predicted octanol–water partition coefficient (Wildman–Crippen LogP) is 3.54. The summed E-state index contributed by atoms with van der Waals surface area (Å²) in [5.41, 5.74) is 9.56. The van der Waals surface area contributed by atoms with Crippen LogP contribution in [0.15, 0.2) is 72.9 Å². The summed E-state index contributed by atoms with van der Waals surface area (Å²) in [7, 11) is -1.93. The van der Waals surface area contributed by atoms with Gasteiger partial charge < -0.3 is 20.1 Å². The number of piperazine rings is 1. The Balaban J connectivity index is 1.20. The first-order valence-corrected chi connectivity index (χ1v) is 15.4. The maximum Gasteiger partial charge on any atom is 0.410 e. The van der Waals surface area contributed by atoms with Crippen molar-refractivity contribution in [3.05, 3.63) is 89.7 Å². The molecule has 1 saturated heterocycles. The number of carbonyl (C=O) groups is 1. The summed E-state index contributed by atoms with van der Waals surface area (Å²) in [4.78, 5) is 20.9. The average Bonchev–Trinajstić information content (AvgIpc) is 3.87. The van der Waals surface area contributed by atoms with Gasteiger partial charge in [-0.25, -0.2) is 13.2 Å². The Hall–Kier alpha value is -3.67. The topological polar surface area (TPSA) is 118 Å². The van der Waals surface area contributed by atoms with Crippen molar-refractivity contribution in [3.63, 3.8) is 0 Å². The van der Waals surface area contributed by atoms with Crippen molar-refractivity contribution in [3.8, 4) is 5.75 Å². The Morgan fingerprint density at radius 2 is 1.73 bits per heavy atom. The molecule has 1 aromatic heterocycles. The molecule has 1 amide bonds. The normalized spacial score (nSPS) is 16.7. The molecule has 1 atom stereocenters. The number of carbonyl (C=O) groups excluding carboxylic acids is 1. The van der Waals surface area contributed by atoms with Crippen LogP contribution >= 0.6 is 0 Å². The SMILES string of the molecule is COc1ccc(CN(c2ccnc(C(N)CN3CCN(C(=O)OCc4ccccc4)CC3)c2)S(=O)(=O)C2CC2)cc1. The first-order valence-electron chi connectivity index (χ1n) is 13.9. The Kier molecular flexibility index (Phi) is 9.06. The molecule has 2 aromatic carbocycles. The zero-order chi connectivity index (χ0) is 28.8. The number of hydrogen-bond acceptors (Lipinski definition) is 8. The van der Waals surface area contributed by atoms with Gasteiger partial charge in [0, 0.05) is 38.9 Å². The smallest absolute Gasteiger partial charge is 0.410 e. The minimum Gasteiger partial charge on any atom is -0.497 e. The Bertz CT molecular complexity index is 1410. The van der Waals surface area contributed by atoms with Gasteiger partial charge in [0.2, 0.25) is 10.0 Å². The standard InChI is InChI=1S/C30H37N5O5S/c1-39-26-9-7-23(8-10-26)20-35(41(37,38)27-11-12-27)25-13-14-32-29(19-25)28(31)21-33-15-17-34(18-16-33)30(36)40-22-24-5-3-2-4-6-24/h2-10,13-14,19,27-28H,11-12,15-18,20-22,31H2,1H3. The molecule has 0 spiro atoms. The van der Waals surface area contributed by atoms with Gasteiger partial charge in [-0.15, -0.1) is 0 Å². The van der Waals surface area contributed by atoms with Crippen LogP contribution in [0.3, 0.4) is 0 Å². The van der Waals surface area contributed by atoms with Gasteiger partial charge in [-0.05, 0) is 48.2 Å². The van der Waals surface area contributed by atoms with Crippen LogP contribution in [0, 0.1) is 0 Å². The zero-order valence-electron chi connectivity index (χ0n) is 23.3. The lowest BCUT2D eigenvalue weighted by atomic mass is 10.1. The van der Waals surface area contributed by atoms with Crippen LogP contribution in [-0.4, -0.2) is 74.4 Å². The van der Waals surface area contributed by atoms with E-state index in [4.69, 9.17) is 15.2 Å². The Morgan fingerprint density at radius 3 is 2.39 bits per heavy atom. The number of benzene rings is 2. The van der Waals surface area contributed by atoms with E-state index in [0.29, 0.717) is 62.7 Å². The van der Waals surface area contributed by atoms with Crippen LogP contribution in [-0.2, 0) is 27.9 Å². The van der Waals surface area contributed by atoms with Crippen LogP contribution < -0.4 is 14.8 Å². The molecule has 218 valence electrons. The molecular weight excluding hydrogens is 542 g/mol. The minimum absolute atomic E-state index is 0.212. The second kappa shape index (κ2) is 12.9. The van der Waals surface area contributed by atoms with Crippen LogP contribution in [0.1, 0.15) is 35.7 Å². The van der Waals surface area contributed by atoms with E-state index in [1.165, 1.54) is 4.31 Å². The zero-order valence-corrected chi connectivity index (χ0v) is 24.1. The van der Waals surface area contributed by atoms with Gasteiger partial charge >= 0.3 is 6.09 Å². The van der Waals surface area contributed by atoms with Gasteiger partial charge in [-0.3, -0.25) is 14.2 Å². The van der Waals surface area contributed by atoms with Gasteiger partial charge in [0.15, 0.2) is 0 Å². The molecule has 2 fully saturated rings. The minimum atomic E-state index is -3.53. The summed E-state index contributed by atoms with van der Waals surface area (Å²) in [6.07, 6.45) is 2.64. The molecule has 2 N–H and O–H groups in total. The highest BCUT2D eigenvalue weighted by atomic mass is 32.2. The molecule has 0 radical (unpaired) electrons. The maximum atomic E-state index is 13.4. The summed E-state index contributed by atoms with van der Waals surface area (Å²) < 4.78 is 39.0. The third-order valence-corrected chi connectivity index (χ3v) is 9.73. The number of hydrogen-bond donors (Lipinski definition) is 1. The molecule has 10 nitrogen and oxygen atoms in total. The van der Waals surface area contributed by atoms with Crippen molar-refractivity contribution < 1.29 is 22.7 Å². The van der Waals surface area contributed by atoms with Crippen LogP contribution in [0.5, 0.6) is 5.75 Å². The molecule has 1 aliphatic carbocycles. The fourth-order valence-corrected chi connectivity index (χ4v) is 6.69. The van der Waals surface area contributed by atoms with E-state index in [0.717, 1.165) is 11.1 Å². The van der Waals surface area contributed by atoms with Crippen molar-refractivity contribution in [2.24, 2.45) is 5.73 Å². The Labute approximate surface area is 241 Å². The third kappa shape index (κ3) is 7.35. The third-order valence-electron chi connectivity index (χ3n) is 7.46. The van der Waals surface area contributed by atoms with E-state index in [1.54, 1.807) is 30.3 Å². The summed E-state index contributed by atoms with van der Waals surface area (Å²) in [5.74, 6) is 0.715. The van der Waals surface area contributed by atoms with Gasteiger partial charge in [0.25, 0.3) is 0 Å². The summed E-state index contributed by atoms with van der Waals surface area (Å²) in [5, 5.41) is -0.360. The van der Waals surface area contributed by atoms with Gasteiger partial charge in [-0.1, -0.05) is 42.5 Å². The van der Waals surface area contributed by atoms with E-state index in [1.807, 2.05) is 54.6 Å². The van der Waals surface area contributed by atoms with Crippen molar-refractivity contribution in [2.75, 3.05) is 44.1 Å². The van der Waals surface area contributed by atoms with Gasteiger partial charge in [-0.2, -0.15) is 0 Å². The number of sulfonamides is 1. The van der Waals surface area contributed by atoms with Crippen molar-refractivity contribution in [1.82, 2.24) is 14.8 Å². The van der Waals surface area contributed by atoms with Crippen LogP contribution in [0.2, 0.25) is 0 Å². The van der Waals surface area contributed by atoms with Crippen molar-refractivity contribution >= 4 is 21.8 Å². The van der Waals surface area contributed by atoms with Crippen LogP contribution in [0.4, 0.5) is 10.5 Å². The number of nitrogens with two attached hydrogens (primary N) is 1. The number of pyridine rings is 1. The summed E-state index contributed by atoms with van der Waals surface area (Å²) in [6.45, 7) is 3.41. The van der Waals surface area contributed by atoms with E-state index in [-0.39, 0.29) is 24.5 Å². The van der Waals surface area contributed by atoms with E-state index in [2.05, 4.69) is 9.88 Å². The molecule has 1 aliphatic heterocycles. The second-order valence-electron chi connectivity index (χ2n) is 10.5. The lowest BCUT2D eigenvalue weighted by molar-refractivity contribution is 0.0703. The van der Waals surface area contributed by atoms with Gasteiger partial charge in [0.1, 0.15) is 12.4 Å². The fraction of sp³-hybridized carbons (Fsp3) is 0.400. The lowest BCUT2D eigenvalue weighted by Crippen LogP contribution is -2.50. The Morgan fingerprint density at radius 1 is 1.02 bits per heavy atom. The van der Waals surface area contributed by atoms with Crippen molar-refractivity contribution in [2.45, 2.75) is 37.3 Å². The molecule has 2 aliphatic rings. The average molecular weight is 580 g/mol. The van der Waals surface area contributed by atoms with E-state index in [9.17, 15) is 13.2 Å². The molecule has 3 aromatic rings. The fourth-order valence-electron chi connectivity index (χ4n) is 4.86. The molecule has 1 unspecified atom stereocenters. The van der Waals surface area contributed by atoms with Crippen molar-refractivity contribution in [1.29, 1.82) is 0 Å². The highest BCUT2D eigenvalue weighted by Crippen LogP contribution is 2.35. The quantitative estimate of drug-likeness (QED) is 0.367. The highest BCUT2D eigenvalue weighted by molar-refractivity contribution is 7.93. The molecule has 41 heavy (non-hydrogen) atoms. The molecular formula is C30H37N5O5S. The number of methoxy groups -OCH3 is 1. The number of amides is 1. The monoisotopic (exact) mass is 579 g/mol. The molecule has 1 saturated carbocycles. The first-order chi connectivity index (χ1) is 19.8. The number of nitrogens with zero attached hydrogens (tertiary/aromatic N) is 4. The van der Waals surface area contributed by atoms with E-state index >= 15 is 0 Å². The van der Waals surface area contributed by atoms with Crippen LogP contribution in [0.25, 0.3) is 0 Å². The number of aromatic nitrogens is 1. The number of anilines is 1. The highest BCUT2D eigenvalue weighted by Gasteiger charge is 2.40. The predicted molar refractivity (Wildman–Crippen MR) is 157 cm³/mol. The number of ether oxygens (including phenoxy) is 2. The first kappa shape index (κ1) is 28.8. The summed E-state index contributed by atoms with van der Waals surface area (Å²) >= 11 is 0. The van der Waals surface area contributed by atoms with E-state index < -0.39 is 16.1 Å². The molecule has 2 heterocycles. The number of rotatable bonds is 11.